The van der Waals surface area contributed by atoms with Crippen LogP contribution in [0.5, 0.6) is 0 Å². The Hall–Kier alpha value is -8.09. The van der Waals surface area contributed by atoms with Gasteiger partial charge in [0.1, 0.15) is 0 Å². The molecule has 0 spiro atoms. The molecule has 0 N–H and O–H groups in total. The summed E-state index contributed by atoms with van der Waals surface area (Å²) < 4.78 is 2.50. The summed E-state index contributed by atoms with van der Waals surface area (Å²) in [4.78, 5) is 24.1. The summed E-state index contributed by atoms with van der Waals surface area (Å²) in [5, 5.41) is 2.39. The molecular weight excluding hydrogens is 745 g/mol. The molecular formula is C55H38N6. The predicted molar refractivity (Wildman–Crippen MR) is 248 cm³/mol. The van der Waals surface area contributed by atoms with Crippen LogP contribution in [0.15, 0.2) is 213 Å². The Morgan fingerprint density at radius 2 is 0.934 bits per heavy atom. The van der Waals surface area contributed by atoms with Gasteiger partial charge in [-0.3, -0.25) is 9.97 Å². The van der Waals surface area contributed by atoms with Crippen molar-refractivity contribution in [1.29, 1.82) is 0 Å². The molecule has 4 heterocycles. The second-order valence-corrected chi connectivity index (χ2v) is 15.3. The van der Waals surface area contributed by atoms with Gasteiger partial charge in [-0.25, -0.2) is 15.0 Å². The second-order valence-electron chi connectivity index (χ2n) is 15.3. The van der Waals surface area contributed by atoms with E-state index in [1.807, 2.05) is 24.3 Å². The van der Waals surface area contributed by atoms with Crippen LogP contribution in [0.4, 0.5) is 0 Å². The molecule has 6 aromatic carbocycles. The Morgan fingerprint density at radius 3 is 1.43 bits per heavy atom. The van der Waals surface area contributed by atoms with Gasteiger partial charge in [-0.15, -0.1) is 0 Å². The first-order valence-corrected chi connectivity index (χ1v) is 20.6. The molecule has 0 saturated heterocycles. The summed E-state index contributed by atoms with van der Waals surface area (Å²) in [7, 11) is 0. The fraction of sp³-hybridized carbons (Fsp3) is 0.0364. The van der Waals surface area contributed by atoms with Crippen molar-refractivity contribution in [3.8, 4) is 73.2 Å². The van der Waals surface area contributed by atoms with Gasteiger partial charge in [0.05, 0.1) is 16.7 Å². The number of hydrogen-bond acceptors (Lipinski definition) is 5. The highest BCUT2D eigenvalue weighted by Gasteiger charge is 2.26. The maximum Gasteiger partial charge on any atom is 0.165 e. The lowest BCUT2D eigenvalue weighted by atomic mass is 9.86. The molecule has 0 fully saturated rings. The fourth-order valence-electron chi connectivity index (χ4n) is 8.61. The highest BCUT2D eigenvalue weighted by Crippen LogP contribution is 2.45. The molecule has 288 valence electrons. The number of rotatable bonds is 8. The van der Waals surface area contributed by atoms with E-state index in [1.165, 1.54) is 38.6 Å². The molecule has 1 aliphatic rings. The third-order valence-electron chi connectivity index (χ3n) is 11.5. The third-order valence-corrected chi connectivity index (χ3v) is 11.5. The smallest absolute Gasteiger partial charge is 0.165 e. The summed E-state index contributed by atoms with van der Waals surface area (Å²) >= 11 is 0. The topological polar surface area (TPSA) is 69.4 Å². The lowest BCUT2D eigenvalue weighted by molar-refractivity contribution is 0.844. The molecule has 0 aliphatic heterocycles. The van der Waals surface area contributed by atoms with Crippen molar-refractivity contribution < 1.29 is 0 Å². The van der Waals surface area contributed by atoms with Crippen molar-refractivity contribution in [2.45, 2.75) is 12.3 Å². The van der Waals surface area contributed by atoms with E-state index in [0.717, 1.165) is 51.0 Å². The van der Waals surface area contributed by atoms with E-state index in [0.29, 0.717) is 17.5 Å². The molecule has 0 radical (unpaired) electrons. The number of fused-ring (bicyclic) bond motifs is 3. The summed E-state index contributed by atoms with van der Waals surface area (Å²) in [6, 6.07) is 58.2. The number of pyridine rings is 2. The molecule has 10 aromatic rings. The fourth-order valence-corrected chi connectivity index (χ4v) is 8.61. The zero-order chi connectivity index (χ0) is 40.5. The Morgan fingerprint density at radius 1 is 0.426 bits per heavy atom. The standard InChI is InChI=1S/C55H38N6/c1-5-15-37(16-6-1)41-25-27-50-48(31-41)49-32-42(38-17-7-2-8-18-38)26-28-51(49)61(50)52-46(39-19-9-3-10-20-39)33-45(34-47(52)40-21-11-4-12-22-40)55-59-53(43-23-13-29-56-35-43)58-54(60-55)44-24-14-30-57-36-44/h1-21,23-36,40H,22H2. The second kappa shape index (κ2) is 15.6. The molecule has 61 heavy (non-hydrogen) atoms. The lowest BCUT2D eigenvalue weighted by Gasteiger charge is -2.25. The largest absolute Gasteiger partial charge is 0.308 e. The van der Waals surface area contributed by atoms with Crippen LogP contribution in [0, 0.1) is 0 Å². The molecule has 1 aliphatic carbocycles. The molecule has 6 nitrogen and oxygen atoms in total. The van der Waals surface area contributed by atoms with Crippen molar-refractivity contribution in [2.75, 3.05) is 0 Å². The summed E-state index contributed by atoms with van der Waals surface area (Å²) in [6.45, 7) is 0. The first kappa shape index (κ1) is 36.0. The van der Waals surface area contributed by atoms with Crippen molar-refractivity contribution in [3.05, 3.63) is 218 Å². The van der Waals surface area contributed by atoms with Gasteiger partial charge in [-0.05, 0) is 100 Å². The normalized spacial score (nSPS) is 13.5. The summed E-state index contributed by atoms with van der Waals surface area (Å²) in [6.07, 6.45) is 16.9. The molecule has 1 atom stereocenters. The van der Waals surface area contributed by atoms with E-state index in [1.54, 1.807) is 24.8 Å². The van der Waals surface area contributed by atoms with Gasteiger partial charge in [-0.2, -0.15) is 0 Å². The van der Waals surface area contributed by atoms with Crippen LogP contribution < -0.4 is 0 Å². The first-order chi connectivity index (χ1) is 30.2. The molecule has 0 bridgehead atoms. The van der Waals surface area contributed by atoms with E-state index >= 15 is 0 Å². The van der Waals surface area contributed by atoms with Crippen LogP contribution in [0.1, 0.15) is 17.9 Å². The van der Waals surface area contributed by atoms with Crippen LogP contribution in [0.3, 0.4) is 0 Å². The maximum absolute atomic E-state index is 5.17. The summed E-state index contributed by atoms with van der Waals surface area (Å²) in [5.41, 5.74) is 14.0. The average Bonchev–Trinajstić information content (AvgIpc) is 3.67. The average molecular weight is 783 g/mol. The van der Waals surface area contributed by atoms with Crippen LogP contribution in [0.2, 0.25) is 0 Å². The Balaban J connectivity index is 1.23. The van der Waals surface area contributed by atoms with Crippen LogP contribution in [-0.2, 0) is 0 Å². The number of aromatic nitrogens is 6. The van der Waals surface area contributed by atoms with E-state index in [2.05, 4.69) is 178 Å². The van der Waals surface area contributed by atoms with Crippen LogP contribution >= 0.6 is 0 Å². The number of nitrogens with zero attached hydrogens (tertiary/aromatic N) is 6. The van der Waals surface area contributed by atoms with E-state index in [9.17, 15) is 0 Å². The zero-order valence-corrected chi connectivity index (χ0v) is 33.2. The van der Waals surface area contributed by atoms with E-state index in [-0.39, 0.29) is 5.92 Å². The van der Waals surface area contributed by atoms with Crippen LogP contribution in [0.25, 0.3) is 95.0 Å². The Bertz CT molecular complexity index is 3100. The minimum atomic E-state index is 0.0829. The summed E-state index contributed by atoms with van der Waals surface area (Å²) in [5.74, 6) is 1.76. The van der Waals surface area contributed by atoms with E-state index in [4.69, 9.17) is 15.0 Å². The van der Waals surface area contributed by atoms with Gasteiger partial charge in [-0.1, -0.05) is 127 Å². The lowest BCUT2D eigenvalue weighted by Crippen LogP contribution is -2.08. The number of allylic oxidation sites excluding steroid dienone is 4. The Kier molecular flexibility index (Phi) is 9.20. The van der Waals surface area contributed by atoms with Gasteiger partial charge < -0.3 is 4.57 Å². The van der Waals surface area contributed by atoms with Crippen molar-refractivity contribution in [3.63, 3.8) is 0 Å². The van der Waals surface area contributed by atoms with Gasteiger partial charge in [0.25, 0.3) is 0 Å². The highest BCUT2D eigenvalue weighted by atomic mass is 15.0. The first-order valence-electron chi connectivity index (χ1n) is 20.6. The maximum atomic E-state index is 5.17. The minimum Gasteiger partial charge on any atom is -0.308 e. The van der Waals surface area contributed by atoms with Gasteiger partial charge >= 0.3 is 0 Å². The zero-order valence-electron chi connectivity index (χ0n) is 33.2. The molecule has 6 heteroatoms. The Labute approximate surface area is 354 Å². The molecule has 4 aromatic heterocycles. The van der Waals surface area contributed by atoms with Crippen molar-refractivity contribution in [2.24, 2.45) is 0 Å². The predicted octanol–water partition coefficient (Wildman–Crippen LogP) is 13.4. The van der Waals surface area contributed by atoms with Gasteiger partial charge in [0, 0.05) is 63.7 Å². The van der Waals surface area contributed by atoms with E-state index < -0.39 is 0 Å². The minimum absolute atomic E-state index is 0.0829. The van der Waals surface area contributed by atoms with Crippen LogP contribution in [-0.4, -0.2) is 29.5 Å². The quantitative estimate of drug-likeness (QED) is 0.154. The molecule has 0 amide bonds. The highest BCUT2D eigenvalue weighted by molar-refractivity contribution is 6.12. The SMILES string of the molecule is C1=CCC(c2cc(-c3nc(-c4cccnc4)nc(-c4cccnc4)n3)cc(-c3ccccc3)c2-n2c3ccc(-c4ccccc4)cc3c3cc(-c4ccccc4)ccc32)C=C1. The van der Waals surface area contributed by atoms with Gasteiger partial charge in [0.15, 0.2) is 17.5 Å². The van der Waals surface area contributed by atoms with Gasteiger partial charge in [0.2, 0.25) is 0 Å². The molecule has 1 unspecified atom stereocenters. The monoisotopic (exact) mass is 782 g/mol. The molecule has 0 saturated carbocycles. The number of benzene rings is 6. The third kappa shape index (κ3) is 6.80. The van der Waals surface area contributed by atoms with Crippen molar-refractivity contribution in [1.82, 2.24) is 29.5 Å². The number of hydrogen-bond donors (Lipinski definition) is 0. The molecule has 11 rings (SSSR count). The van der Waals surface area contributed by atoms with Crippen molar-refractivity contribution >= 4 is 21.8 Å².